The largest absolute Gasteiger partial charge is 0.366 e. The average Bonchev–Trinajstić information content (AvgIpc) is 3.35. The van der Waals surface area contributed by atoms with Crippen molar-refractivity contribution in [1.29, 1.82) is 0 Å². The van der Waals surface area contributed by atoms with Crippen molar-refractivity contribution in [2.24, 2.45) is 0 Å². The van der Waals surface area contributed by atoms with Crippen LogP contribution >= 0.6 is 0 Å². The maximum Gasteiger partial charge on any atom is 0.293 e. The number of nitro benzene ring substituents is 1. The molecule has 3 heterocycles. The lowest BCUT2D eigenvalue weighted by molar-refractivity contribution is -0.384. The van der Waals surface area contributed by atoms with E-state index in [0.29, 0.717) is 48.7 Å². The maximum absolute atomic E-state index is 14.1. The predicted molar refractivity (Wildman–Crippen MR) is 120 cm³/mol. The number of halogens is 1. The highest BCUT2D eigenvalue weighted by molar-refractivity contribution is 5.72. The molecule has 1 saturated heterocycles. The number of piperazine rings is 1. The van der Waals surface area contributed by atoms with Gasteiger partial charge in [0.25, 0.3) is 11.6 Å². The highest BCUT2D eigenvalue weighted by Crippen LogP contribution is 2.34. The van der Waals surface area contributed by atoms with Crippen molar-refractivity contribution >= 4 is 17.1 Å². The van der Waals surface area contributed by atoms with E-state index in [0.717, 1.165) is 0 Å². The zero-order valence-corrected chi connectivity index (χ0v) is 17.5. The van der Waals surface area contributed by atoms with Gasteiger partial charge in [0, 0.05) is 50.2 Å². The van der Waals surface area contributed by atoms with Crippen molar-refractivity contribution < 1.29 is 13.8 Å². The number of benzene rings is 2. The van der Waals surface area contributed by atoms with Crippen LogP contribution in [0.15, 0.2) is 71.5 Å². The van der Waals surface area contributed by atoms with Crippen LogP contribution in [0, 0.1) is 15.9 Å². The fourth-order valence-electron chi connectivity index (χ4n) is 3.92. The molecule has 4 aromatic rings. The Labute approximate surface area is 188 Å². The minimum atomic E-state index is -0.413. The van der Waals surface area contributed by atoms with Gasteiger partial charge in [-0.15, -0.1) is 0 Å². The van der Waals surface area contributed by atoms with Crippen LogP contribution in [0.25, 0.3) is 22.8 Å². The van der Waals surface area contributed by atoms with Crippen LogP contribution in [0.4, 0.5) is 21.5 Å². The molecule has 10 heteroatoms. The van der Waals surface area contributed by atoms with Crippen molar-refractivity contribution in [3.8, 4) is 22.8 Å². The van der Waals surface area contributed by atoms with Gasteiger partial charge in [-0.2, -0.15) is 4.98 Å². The van der Waals surface area contributed by atoms with Crippen molar-refractivity contribution in [2.45, 2.75) is 0 Å². The SMILES string of the molecule is O=[N+]([O-])c1cc(-c2noc(-c3cccnc3)n2)ccc1N1CCN(c2ccccc2F)CC1. The van der Waals surface area contributed by atoms with E-state index in [4.69, 9.17) is 4.52 Å². The van der Waals surface area contributed by atoms with Crippen molar-refractivity contribution in [1.82, 2.24) is 15.1 Å². The fourth-order valence-corrected chi connectivity index (χ4v) is 3.92. The number of hydrogen-bond acceptors (Lipinski definition) is 8. The quantitative estimate of drug-likeness (QED) is 0.333. The number of nitro groups is 1. The molecule has 9 nitrogen and oxygen atoms in total. The minimum absolute atomic E-state index is 0.0421. The van der Waals surface area contributed by atoms with Crippen LogP contribution < -0.4 is 9.80 Å². The summed E-state index contributed by atoms with van der Waals surface area (Å²) in [4.78, 5) is 23.7. The topological polar surface area (TPSA) is 101 Å². The molecule has 0 aliphatic carbocycles. The molecule has 5 rings (SSSR count). The molecule has 0 spiro atoms. The molecule has 2 aromatic heterocycles. The van der Waals surface area contributed by atoms with Crippen molar-refractivity contribution in [3.05, 3.63) is 82.9 Å². The van der Waals surface area contributed by atoms with Crippen molar-refractivity contribution in [3.63, 3.8) is 0 Å². The molecule has 1 aliphatic heterocycles. The van der Waals surface area contributed by atoms with Gasteiger partial charge in [0.15, 0.2) is 0 Å². The molecule has 0 amide bonds. The second kappa shape index (κ2) is 8.65. The zero-order chi connectivity index (χ0) is 22.8. The number of aromatic nitrogens is 3. The van der Waals surface area contributed by atoms with Gasteiger partial charge in [0.2, 0.25) is 5.82 Å². The Balaban J connectivity index is 1.37. The molecule has 33 heavy (non-hydrogen) atoms. The summed E-state index contributed by atoms with van der Waals surface area (Å²) in [7, 11) is 0. The molecule has 1 fully saturated rings. The van der Waals surface area contributed by atoms with Crippen LogP contribution in [-0.4, -0.2) is 46.2 Å². The summed E-state index contributed by atoms with van der Waals surface area (Å²) in [6.45, 7) is 2.17. The molecule has 0 unspecified atom stereocenters. The third-order valence-electron chi connectivity index (χ3n) is 5.58. The van der Waals surface area contributed by atoms with E-state index in [2.05, 4.69) is 15.1 Å². The fraction of sp³-hybridized carbons (Fsp3) is 0.174. The summed E-state index contributed by atoms with van der Waals surface area (Å²) >= 11 is 0. The first kappa shape index (κ1) is 20.6. The van der Waals surface area contributed by atoms with E-state index in [1.54, 1.807) is 54.9 Å². The molecule has 2 aromatic carbocycles. The third kappa shape index (κ3) is 4.10. The van der Waals surface area contributed by atoms with Gasteiger partial charge < -0.3 is 14.3 Å². The van der Waals surface area contributed by atoms with Crippen molar-refractivity contribution in [2.75, 3.05) is 36.0 Å². The third-order valence-corrected chi connectivity index (χ3v) is 5.58. The van der Waals surface area contributed by atoms with Gasteiger partial charge in [0.1, 0.15) is 11.5 Å². The number of pyridine rings is 1. The Morgan fingerprint density at radius 2 is 1.70 bits per heavy atom. The number of nitrogens with zero attached hydrogens (tertiary/aromatic N) is 6. The lowest BCUT2D eigenvalue weighted by Gasteiger charge is -2.37. The van der Waals surface area contributed by atoms with Crippen LogP contribution in [0.2, 0.25) is 0 Å². The number of hydrogen-bond donors (Lipinski definition) is 0. The molecule has 0 atom stereocenters. The smallest absolute Gasteiger partial charge is 0.293 e. The van der Waals surface area contributed by atoms with Gasteiger partial charge in [-0.3, -0.25) is 15.1 Å². The summed E-state index contributed by atoms with van der Waals surface area (Å²) in [5.74, 6) is 0.272. The minimum Gasteiger partial charge on any atom is -0.366 e. The summed E-state index contributed by atoms with van der Waals surface area (Å²) in [6.07, 6.45) is 3.24. The highest BCUT2D eigenvalue weighted by atomic mass is 19.1. The van der Waals surface area contributed by atoms with Gasteiger partial charge >= 0.3 is 0 Å². The summed E-state index contributed by atoms with van der Waals surface area (Å²) < 4.78 is 19.4. The van der Waals surface area contributed by atoms with E-state index in [1.165, 1.54) is 12.1 Å². The standard InChI is InChI=1S/C23H19FN6O3/c24-18-5-1-2-6-19(18)28-10-12-29(13-11-28)20-8-7-16(14-21(20)30(31)32)22-26-23(33-27-22)17-4-3-9-25-15-17/h1-9,14-15H,10-13H2. The molecule has 1 aliphatic rings. The number of rotatable bonds is 5. The molecule has 0 bridgehead atoms. The van der Waals surface area contributed by atoms with Gasteiger partial charge in [-0.05, 0) is 36.4 Å². The molecule has 166 valence electrons. The normalized spacial score (nSPS) is 13.8. The van der Waals surface area contributed by atoms with E-state index in [1.807, 2.05) is 9.80 Å². The van der Waals surface area contributed by atoms with Gasteiger partial charge in [-0.25, -0.2) is 4.39 Å². The molecule has 0 saturated carbocycles. The van der Waals surface area contributed by atoms with Crippen LogP contribution in [0.1, 0.15) is 0 Å². The molecular weight excluding hydrogens is 427 g/mol. The lowest BCUT2D eigenvalue weighted by atomic mass is 10.1. The first-order chi connectivity index (χ1) is 16.1. The predicted octanol–water partition coefficient (Wildman–Crippen LogP) is 4.17. The Bertz CT molecular complexity index is 1290. The van der Waals surface area contributed by atoms with Crippen LogP contribution in [0.5, 0.6) is 0 Å². The second-order valence-electron chi connectivity index (χ2n) is 7.55. The molecule has 0 N–H and O–H groups in total. The first-order valence-electron chi connectivity index (χ1n) is 10.4. The highest BCUT2D eigenvalue weighted by Gasteiger charge is 2.26. The Hall–Kier alpha value is -4.34. The number of anilines is 2. The average molecular weight is 446 g/mol. The van der Waals surface area contributed by atoms with Crippen LogP contribution in [0.3, 0.4) is 0 Å². The summed E-state index contributed by atoms with van der Waals surface area (Å²) in [5.41, 5.74) is 2.15. The Morgan fingerprint density at radius 3 is 2.39 bits per heavy atom. The first-order valence-corrected chi connectivity index (χ1v) is 10.4. The molecular formula is C23H19FN6O3. The summed E-state index contributed by atoms with van der Waals surface area (Å²) in [6, 6.07) is 15.1. The lowest BCUT2D eigenvalue weighted by Crippen LogP contribution is -2.47. The summed E-state index contributed by atoms with van der Waals surface area (Å²) in [5, 5.41) is 15.8. The Morgan fingerprint density at radius 1 is 0.939 bits per heavy atom. The molecule has 0 radical (unpaired) electrons. The maximum atomic E-state index is 14.1. The van der Waals surface area contributed by atoms with Crippen LogP contribution in [-0.2, 0) is 0 Å². The van der Waals surface area contributed by atoms with E-state index >= 15 is 0 Å². The van der Waals surface area contributed by atoms with Gasteiger partial charge in [-0.1, -0.05) is 17.3 Å². The zero-order valence-electron chi connectivity index (χ0n) is 17.5. The van der Waals surface area contributed by atoms with E-state index < -0.39 is 4.92 Å². The monoisotopic (exact) mass is 446 g/mol. The van der Waals surface area contributed by atoms with Gasteiger partial charge in [0.05, 0.1) is 16.2 Å². The van der Waals surface area contributed by atoms with E-state index in [-0.39, 0.29) is 23.2 Å². The Kier molecular flexibility index (Phi) is 5.39. The number of para-hydroxylation sites is 1. The van der Waals surface area contributed by atoms with E-state index in [9.17, 15) is 14.5 Å². The second-order valence-corrected chi connectivity index (χ2v) is 7.55.